The van der Waals surface area contributed by atoms with Crippen molar-refractivity contribution in [2.24, 2.45) is 0 Å². The fourth-order valence-electron chi connectivity index (χ4n) is 6.01. The summed E-state index contributed by atoms with van der Waals surface area (Å²) in [6.07, 6.45) is 8.68. The van der Waals surface area contributed by atoms with Crippen LogP contribution in [0.1, 0.15) is 64.9 Å². The van der Waals surface area contributed by atoms with Crippen molar-refractivity contribution in [3.8, 4) is 11.4 Å². The standard InChI is InChI=1S/C18H13Cl2NO.C17H12Cl2N2O.C11H19N3O/c19-16-7-3-13(4-8-16)18(22,15-2-1-11-21-12-15)14-5-9-17(20)10-6-14;18-13-7-5-11(6-8-13)16(22)12-9-20-17(21-10-12)14-3-1-2-4-15(14)19;1-5-6-7-9-8(2)12-11(14(3)4)13-10(9)15/h1-12,22H;1-10,16,22H;5-7H2,1-4H3,(H,12,13,15). The van der Waals surface area contributed by atoms with Gasteiger partial charge in [-0.15, -0.1) is 0 Å². The van der Waals surface area contributed by atoms with Gasteiger partial charge in [0.05, 0.1) is 5.02 Å². The number of H-pyrrole nitrogens is 1. The lowest BCUT2D eigenvalue weighted by Crippen LogP contribution is -2.28. The fourth-order valence-corrected chi connectivity index (χ4v) is 6.61. The van der Waals surface area contributed by atoms with E-state index in [0.717, 1.165) is 41.6 Å². The molecule has 3 heterocycles. The van der Waals surface area contributed by atoms with Crippen molar-refractivity contribution in [1.82, 2.24) is 24.9 Å². The van der Waals surface area contributed by atoms with Crippen molar-refractivity contribution in [2.75, 3.05) is 19.0 Å². The van der Waals surface area contributed by atoms with Crippen molar-refractivity contribution in [3.63, 3.8) is 0 Å². The third-order valence-electron chi connectivity index (χ3n) is 9.31. The number of aliphatic hydroxyl groups excluding tert-OH is 1. The van der Waals surface area contributed by atoms with E-state index in [2.05, 4.69) is 31.8 Å². The van der Waals surface area contributed by atoms with E-state index in [9.17, 15) is 15.0 Å². The van der Waals surface area contributed by atoms with E-state index in [1.165, 1.54) is 0 Å². The normalized spacial score (nSPS) is 11.4. The molecule has 7 aromatic rings. The van der Waals surface area contributed by atoms with Gasteiger partial charge < -0.3 is 15.1 Å². The lowest BCUT2D eigenvalue weighted by molar-refractivity contribution is 0.125. The number of aliphatic hydroxyl groups is 2. The van der Waals surface area contributed by atoms with E-state index in [1.54, 1.807) is 90.4 Å². The number of anilines is 1. The number of benzene rings is 4. The highest BCUT2D eigenvalue weighted by Crippen LogP contribution is 2.37. The molecular weight excluding hydrogens is 826 g/mol. The Kier molecular flexibility index (Phi) is 16.2. The van der Waals surface area contributed by atoms with Gasteiger partial charge in [-0.05, 0) is 91.1 Å². The van der Waals surface area contributed by atoms with Crippen LogP contribution >= 0.6 is 46.4 Å². The minimum atomic E-state index is -1.32. The quantitative estimate of drug-likeness (QED) is 0.124. The van der Waals surface area contributed by atoms with Crippen LogP contribution in [0.15, 0.2) is 139 Å². The zero-order valence-electron chi connectivity index (χ0n) is 33.0. The Morgan fingerprint density at radius 2 is 1.29 bits per heavy atom. The third kappa shape index (κ3) is 11.8. The van der Waals surface area contributed by atoms with Gasteiger partial charge in [0.25, 0.3) is 5.56 Å². The van der Waals surface area contributed by atoms with Gasteiger partial charge in [0.1, 0.15) is 11.7 Å². The first kappa shape index (κ1) is 45.0. The summed E-state index contributed by atoms with van der Waals surface area (Å²) in [7, 11) is 3.73. The smallest absolute Gasteiger partial charge is 0.255 e. The van der Waals surface area contributed by atoms with Gasteiger partial charge in [0.2, 0.25) is 5.95 Å². The summed E-state index contributed by atoms with van der Waals surface area (Å²) in [6.45, 7) is 4.01. The molecule has 0 amide bonds. The number of hydrogen-bond donors (Lipinski definition) is 3. The Labute approximate surface area is 364 Å². The number of unbranched alkanes of at least 4 members (excludes halogenated alkanes) is 1. The lowest BCUT2D eigenvalue weighted by atomic mass is 9.81. The van der Waals surface area contributed by atoms with Crippen LogP contribution in [-0.2, 0) is 12.0 Å². The molecule has 304 valence electrons. The molecule has 9 nitrogen and oxygen atoms in total. The van der Waals surface area contributed by atoms with Crippen LogP contribution in [0.3, 0.4) is 0 Å². The molecule has 4 aromatic carbocycles. The monoisotopic (exact) mass is 868 g/mol. The molecule has 1 atom stereocenters. The SMILES string of the molecule is CCCCc1c(C)nc(N(C)C)[nH]c1=O.OC(c1ccc(Cl)cc1)(c1ccc(Cl)cc1)c1cccnc1.OC(c1ccc(Cl)cc1)c1cnc(-c2ccccc2Cl)nc1. The van der Waals surface area contributed by atoms with Crippen LogP contribution in [0.25, 0.3) is 11.4 Å². The second kappa shape index (κ2) is 21.2. The van der Waals surface area contributed by atoms with Gasteiger partial charge in [-0.3, -0.25) is 14.8 Å². The molecule has 0 spiro atoms. The summed E-state index contributed by atoms with van der Waals surface area (Å²) >= 11 is 23.9. The summed E-state index contributed by atoms with van der Waals surface area (Å²) in [5.74, 6) is 1.15. The highest BCUT2D eigenvalue weighted by molar-refractivity contribution is 6.33. The molecule has 0 saturated carbocycles. The maximum absolute atomic E-state index is 11.7. The molecule has 0 radical (unpaired) electrons. The highest BCUT2D eigenvalue weighted by Gasteiger charge is 2.34. The molecule has 1 unspecified atom stereocenters. The van der Waals surface area contributed by atoms with E-state index in [0.29, 0.717) is 54.1 Å². The largest absolute Gasteiger partial charge is 0.384 e. The zero-order chi connectivity index (χ0) is 42.5. The first-order valence-corrected chi connectivity index (χ1v) is 20.2. The van der Waals surface area contributed by atoms with Crippen LogP contribution < -0.4 is 10.5 Å². The van der Waals surface area contributed by atoms with Gasteiger partial charge >= 0.3 is 0 Å². The summed E-state index contributed by atoms with van der Waals surface area (Å²) in [4.78, 5) is 33.4. The van der Waals surface area contributed by atoms with Gasteiger partial charge in [0, 0.05) is 81.9 Å². The number of rotatable bonds is 10. The first-order chi connectivity index (χ1) is 28.3. The number of hydrogen-bond acceptors (Lipinski definition) is 8. The second-order valence-electron chi connectivity index (χ2n) is 13.7. The minimum absolute atomic E-state index is 0.000324. The highest BCUT2D eigenvalue weighted by atomic mass is 35.5. The zero-order valence-corrected chi connectivity index (χ0v) is 36.0. The topological polar surface area (TPSA) is 128 Å². The molecule has 0 saturated heterocycles. The number of aromatic nitrogens is 5. The van der Waals surface area contributed by atoms with Crippen LogP contribution in [0.5, 0.6) is 0 Å². The van der Waals surface area contributed by atoms with Gasteiger partial charge in [-0.2, -0.15) is 0 Å². The van der Waals surface area contributed by atoms with Gasteiger partial charge in [-0.1, -0.05) is 114 Å². The maximum Gasteiger partial charge on any atom is 0.255 e. The summed E-state index contributed by atoms with van der Waals surface area (Å²) < 4.78 is 0. The van der Waals surface area contributed by atoms with Crippen LogP contribution in [0, 0.1) is 6.92 Å². The van der Waals surface area contributed by atoms with Crippen molar-refractivity contribution in [3.05, 3.63) is 204 Å². The van der Waals surface area contributed by atoms with E-state index < -0.39 is 11.7 Å². The summed E-state index contributed by atoms with van der Waals surface area (Å²) in [6, 6.07) is 32.3. The van der Waals surface area contributed by atoms with E-state index in [4.69, 9.17) is 46.4 Å². The van der Waals surface area contributed by atoms with E-state index >= 15 is 0 Å². The minimum Gasteiger partial charge on any atom is -0.384 e. The van der Waals surface area contributed by atoms with Crippen LogP contribution in [0.4, 0.5) is 5.95 Å². The molecule has 7 rings (SSSR count). The van der Waals surface area contributed by atoms with Crippen molar-refractivity contribution in [2.45, 2.75) is 44.8 Å². The molecular formula is C46H44Cl4N6O3. The Bertz CT molecular complexity index is 2400. The number of aromatic amines is 1. The number of halogens is 4. The number of pyridine rings is 1. The molecule has 3 N–H and O–H groups in total. The summed E-state index contributed by atoms with van der Waals surface area (Å²) in [5.41, 5.74) is 4.56. The molecule has 3 aromatic heterocycles. The van der Waals surface area contributed by atoms with E-state index in [1.807, 2.05) is 69.6 Å². The molecule has 0 aliphatic heterocycles. The fraction of sp³-hybridized carbons (Fsp3) is 0.196. The first-order valence-electron chi connectivity index (χ1n) is 18.7. The Balaban J connectivity index is 0.000000172. The average Bonchev–Trinajstić information content (AvgIpc) is 3.24. The third-order valence-corrected chi connectivity index (χ3v) is 10.4. The molecule has 0 bridgehead atoms. The maximum atomic E-state index is 11.7. The predicted octanol–water partition coefficient (Wildman–Crippen LogP) is 10.7. The predicted molar refractivity (Wildman–Crippen MR) is 240 cm³/mol. The number of nitrogens with one attached hydrogen (secondary N) is 1. The molecule has 0 aliphatic rings. The van der Waals surface area contributed by atoms with E-state index in [-0.39, 0.29) is 5.56 Å². The Hall–Kier alpha value is -5.13. The Morgan fingerprint density at radius 1 is 0.729 bits per heavy atom. The number of aryl methyl sites for hydroxylation is 1. The summed E-state index contributed by atoms with van der Waals surface area (Å²) in [5, 5.41) is 24.3. The molecule has 0 aliphatic carbocycles. The number of nitrogens with zero attached hydrogens (tertiary/aromatic N) is 5. The lowest BCUT2D eigenvalue weighted by Gasteiger charge is -2.29. The van der Waals surface area contributed by atoms with Crippen molar-refractivity contribution < 1.29 is 10.2 Å². The average molecular weight is 871 g/mol. The molecule has 0 fully saturated rings. The Morgan fingerprint density at radius 3 is 1.78 bits per heavy atom. The van der Waals surface area contributed by atoms with Crippen LogP contribution in [-0.4, -0.2) is 49.2 Å². The van der Waals surface area contributed by atoms with Crippen LogP contribution in [0.2, 0.25) is 20.1 Å². The second-order valence-corrected chi connectivity index (χ2v) is 15.4. The van der Waals surface area contributed by atoms with Crippen molar-refractivity contribution in [1.29, 1.82) is 0 Å². The van der Waals surface area contributed by atoms with Crippen molar-refractivity contribution >= 4 is 52.4 Å². The molecule has 59 heavy (non-hydrogen) atoms. The van der Waals surface area contributed by atoms with Gasteiger partial charge in [0.15, 0.2) is 5.82 Å². The molecule has 13 heteroatoms. The van der Waals surface area contributed by atoms with Gasteiger partial charge in [-0.25, -0.2) is 15.0 Å².